The van der Waals surface area contributed by atoms with E-state index >= 15 is 0 Å². The summed E-state index contributed by atoms with van der Waals surface area (Å²) in [6, 6.07) is 10.9. The summed E-state index contributed by atoms with van der Waals surface area (Å²) < 4.78 is 0. The predicted molar refractivity (Wildman–Crippen MR) is 75.8 cm³/mol. The standard InChI is InChI=1S/C14H20N2S/c1-11-7-8-13(9-11)16-14(17)15-10-12-5-3-2-4-6-12/h2-6,11,13H,7-10H2,1H3,(H2,15,16,17). The van der Waals surface area contributed by atoms with Gasteiger partial charge in [0.15, 0.2) is 5.11 Å². The highest BCUT2D eigenvalue weighted by Gasteiger charge is 2.21. The van der Waals surface area contributed by atoms with Crippen LogP contribution in [0.4, 0.5) is 0 Å². The Labute approximate surface area is 109 Å². The molecule has 1 aliphatic carbocycles. The fourth-order valence-corrected chi connectivity index (χ4v) is 2.59. The van der Waals surface area contributed by atoms with Gasteiger partial charge >= 0.3 is 0 Å². The zero-order valence-corrected chi connectivity index (χ0v) is 11.1. The molecule has 2 nitrogen and oxygen atoms in total. The molecule has 0 saturated heterocycles. The smallest absolute Gasteiger partial charge is 0.166 e. The van der Waals surface area contributed by atoms with E-state index in [0.717, 1.165) is 17.6 Å². The van der Waals surface area contributed by atoms with Crippen molar-refractivity contribution in [3.05, 3.63) is 35.9 Å². The molecule has 0 heterocycles. The summed E-state index contributed by atoms with van der Waals surface area (Å²) in [6.07, 6.45) is 3.81. The van der Waals surface area contributed by atoms with Gasteiger partial charge in [-0.05, 0) is 43.0 Å². The van der Waals surface area contributed by atoms with Crippen molar-refractivity contribution in [1.29, 1.82) is 0 Å². The van der Waals surface area contributed by atoms with Crippen LogP contribution in [-0.4, -0.2) is 11.2 Å². The van der Waals surface area contributed by atoms with Gasteiger partial charge in [-0.2, -0.15) is 0 Å². The van der Waals surface area contributed by atoms with Crippen LogP contribution in [0.15, 0.2) is 30.3 Å². The van der Waals surface area contributed by atoms with E-state index in [1.165, 1.54) is 24.8 Å². The maximum atomic E-state index is 5.31. The highest BCUT2D eigenvalue weighted by atomic mass is 32.1. The Hall–Kier alpha value is -1.09. The average molecular weight is 248 g/mol. The van der Waals surface area contributed by atoms with Crippen molar-refractivity contribution < 1.29 is 0 Å². The number of nitrogens with one attached hydrogen (secondary N) is 2. The molecule has 0 amide bonds. The molecule has 0 aliphatic heterocycles. The number of thiocarbonyl (C=S) groups is 1. The normalized spacial score (nSPS) is 23.4. The van der Waals surface area contributed by atoms with Gasteiger partial charge in [0.1, 0.15) is 0 Å². The van der Waals surface area contributed by atoms with Gasteiger partial charge in [-0.3, -0.25) is 0 Å². The number of hydrogen-bond acceptors (Lipinski definition) is 1. The Bertz CT molecular complexity index is 364. The van der Waals surface area contributed by atoms with Crippen LogP contribution in [0.1, 0.15) is 31.7 Å². The summed E-state index contributed by atoms with van der Waals surface area (Å²) in [5.74, 6) is 0.837. The lowest BCUT2D eigenvalue weighted by Gasteiger charge is -2.16. The molecule has 92 valence electrons. The second-order valence-electron chi connectivity index (χ2n) is 4.93. The van der Waals surface area contributed by atoms with E-state index in [0.29, 0.717) is 6.04 Å². The molecule has 0 radical (unpaired) electrons. The molecule has 2 rings (SSSR count). The van der Waals surface area contributed by atoms with Crippen LogP contribution in [0, 0.1) is 5.92 Å². The van der Waals surface area contributed by atoms with Gasteiger partial charge in [-0.15, -0.1) is 0 Å². The van der Waals surface area contributed by atoms with Crippen molar-refractivity contribution in [1.82, 2.24) is 10.6 Å². The van der Waals surface area contributed by atoms with E-state index in [1.807, 2.05) is 18.2 Å². The van der Waals surface area contributed by atoms with Crippen molar-refractivity contribution in [3.63, 3.8) is 0 Å². The third kappa shape index (κ3) is 4.00. The van der Waals surface area contributed by atoms with E-state index in [1.54, 1.807) is 0 Å². The Morgan fingerprint density at radius 2 is 2.06 bits per heavy atom. The van der Waals surface area contributed by atoms with Crippen molar-refractivity contribution >= 4 is 17.3 Å². The van der Waals surface area contributed by atoms with Crippen LogP contribution >= 0.6 is 12.2 Å². The molecule has 2 atom stereocenters. The van der Waals surface area contributed by atoms with E-state index in [-0.39, 0.29) is 0 Å². The molecule has 1 saturated carbocycles. The quantitative estimate of drug-likeness (QED) is 0.804. The second kappa shape index (κ2) is 6.01. The summed E-state index contributed by atoms with van der Waals surface area (Å²) >= 11 is 5.31. The van der Waals surface area contributed by atoms with Crippen molar-refractivity contribution in [3.8, 4) is 0 Å². The Morgan fingerprint density at radius 1 is 1.29 bits per heavy atom. The molecule has 2 unspecified atom stereocenters. The van der Waals surface area contributed by atoms with Crippen molar-refractivity contribution in [2.45, 2.75) is 38.8 Å². The van der Waals surface area contributed by atoms with Gasteiger partial charge in [0.25, 0.3) is 0 Å². The Balaban J connectivity index is 1.71. The summed E-state index contributed by atoms with van der Waals surface area (Å²) in [5, 5.41) is 7.45. The first-order valence-corrected chi connectivity index (χ1v) is 6.73. The first kappa shape index (κ1) is 12.4. The summed E-state index contributed by atoms with van der Waals surface area (Å²) in [5.41, 5.74) is 1.26. The third-order valence-electron chi connectivity index (χ3n) is 3.33. The molecule has 1 aromatic rings. The first-order valence-electron chi connectivity index (χ1n) is 6.32. The average Bonchev–Trinajstić information content (AvgIpc) is 2.73. The van der Waals surface area contributed by atoms with Crippen LogP contribution < -0.4 is 10.6 Å². The molecule has 3 heteroatoms. The molecule has 0 bridgehead atoms. The van der Waals surface area contributed by atoms with Gasteiger partial charge in [0, 0.05) is 12.6 Å². The summed E-state index contributed by atoms with van der Waals surface area (Å²) in [7, 11) is 0. The topological polar surface area (TPSA) is 24.1 Å². The molecular formula is C14H20N2S. The van der Waals surface area contributed by atoms with E-state index in [4.69, 9.17) is 12.2 Å². The van der Waals surface area contributed by atoms with Crippen molar-refractivity contribution in [2.24, 2.45) is 5.92 Å². The minimum absolute atomic E-state index is 0.570. The SMILES string of the molecule is CC1CCC(NC(=S)NCc2ccccc2)C1. The molecule has 0 aromatic heterocycles. The van der Waals surface area contributed by atoms with Gasteiger partial charge in [0.2, 0.25) is 0 Å². The minimum atomic E-state index is 0.570. The van der Waals surface area contributed by atoms with Crippen LogP contribution in [0.5, 0.6) is 0 Å². The fraction of sp³-hybridized carbons (Fsp3) is 0.500. The maximum absolute atomic E-state index is 5.31. The van der Waals surface area contributed by atoms with E-state index in [2.05, 4.69) is 29.7 Å². The summed E-state index contributed by atoms with van der Waals surface area (Å²) in [6.45, 7) is 3.11. The molecule has 1 aliphatic rings. The lowest BCUT2D eigenvalue weighted by atomic mass is 10.1. The summed E-state index contributed by atoms with van der Waals surface area (Å²) in [4.78, 5) is 0. The fourth-order valence-electron chi connectivity index (χ4n) is 2.35. The zero-order chi connectivity index (χ0) is 12.1. The largest absolute Gasteiger partial charge is 0.360 e. The predicted octanol–water partition coefficient (Wildman–Crippen LogP) is 2.84. The Kier molecular flexibility index (Phi) is 4.37. The van der Waals surface area contributed by atoms with E-state index < -0.39 is 0 Å². The lowest BCUT2D eigenvalue weighted by molar-refractivity contribution is 0.567. The Morgan fingerprint density at radius 3 is 2.71 bits per heavy atom. The van der Waals surface area contributed by atoms with Gasteiger partial charge in [-0.1, -0.05) is 37.3 Å². The van der Waals surface area contributed by atoms with Crippen LogP contribution in [0.25, 0.3) is 0 Å². The molecule has 2 N–H and O–H groups in total. The third-order valence-corrected chi connectivity index (χ3v) is 3.59. The molecule has 1 fully saturated rings. The molecular weight excluding hydrogens is 228 g/mol. The highest BCUT2D eigenvalue weighted by Crippen LogP contribution is 2.24. The van der Waals surface area contributed by atoms with Gasteiger partial charge < -0.3 is 10.6 Å². The van der Waals surface area contributed by atoms with Crippen LogP contribution in [-0.2, 0) is 6.54 Å². The van der Waals surface area contributed by atoms with E-state index in [9.17, 15) is 0 Å². The monoisotopic (exact) mass is 248 g/mol. The van der Waals surface area contributed by atoms with Gasteiger partial charge in [0.05, 0.1) is 0 Å². The first-order chi connectivity index (χ1) is 8.24. The number of hydrogen-bond donors (Lipinski definition) is 2. The highest BCUT2D eigenvalue weighted by molar-refractivity contribution is 7.80. The molecule has 0 spiro atoms. The lowest BCUT2D eigenvalue weighted by Crippen LogP contribution is -2.40. The van der Waals surface area contributed by atoms with Gasteiger partial charge in [-0.25, -0.2) is 0 Å². The molecule has 1 aromatic carbocycles. The molecule has 17 heavy (non-hydrogen) atoms. The second-order valence-corrected chi connectivity index (χ2v) is 5.34. The zero-order valence-electron chi connectivity index (χ0n) is 10.3. The minimum Gasteiger partial charge on any atom is -0.360 e. The number of benzene rings is 1. The van der Waals surface area contributed by atoms with Crippen LogP contribution in [0.2, 0.25) is 0 Å². The van der Waals surface area contributed by atoms with Crippen molar-refractivity contribution in [2.75, 3.05) is 0 Å². The van der Waals surface area contributed by atoms with Crippen LogP contribution in [0.3, 0.4) is 0 Å². The maximum Gasteiger partial charge on any atom is 0.166 e. The number of rotatable bonds is 3.